The van der Waals surface area contributed by atoms with Crippen LogP contribution in [0.3, 0.4) is 0 Å². The second kappa shape index (κ2) is 5.51. The molecular weight excluding hydrogens is 246 g/mol. The lowest BCUT2D eigenvalue weighted by Crippen LogP contribution is -2.50. The predicted molar refractivity (Wildman–Crippen MR) is 69.5 cm³/mol. The highest BCUT2D eigenvalue weighted by Gasteiger charge is 2.25. The fourth-order valence-electron chi connectivity index (χ4n) is 1.94. The Hall–Kier alpha value is -2.37. The van der Waals surface area contributed by atoms with Gasteiger partial charge in [-0.3, -0.25) is 19.8 Å². The molecule has 6 nitrogen and oxygen atoms in total. The van der Waals surface area contributed by atoms with Gasteiger partial charge in [-0.25, -0.2) is 4.79 Å². The Morgan fingerprint density at radius 2 is 2.11 bits per heavy atom. The van der Waals surface area contributed by atoms with E-state index in [1.807, 2.05) is 18.2 Å². The van der Waals surface area contributed by atoms with Crippen molar-refractivity contribution in [3.63, 3.8) is 0 Å². The third-order valence-corrected chi connectivity index (χ3v) is 2.86. The minimum absolute atomic E-state index is 0.131. The van der Waals surface area contributed by atoms with E-state index in [4.69, 9.17) is 0 Å². The molecule has 1 fully saturated rings. The molecule has 0 radical (unpaired) electrons. The summed E-state index contributed by atoms with van der Waals surface area (Å²) in [5.41, 5.74) is 1.54. The molecule has 0 aromatic heterocycles. The van der Waals surface area contributed by atoms with Crippen molar-refractivity contribution in [1.29, 1.82) is 0 Å². The number of carbonyl (C=O) groups excluding carboxylic acids is 3. The molecule has 0 saturated carbocycles. The SMILES string of the molecule is CC(=O)NCc1ccccc1N1CCC(=O)NC1=O. The molecule has 100 valence electrons. The summed E-state index contributed by atoms with van der Waals surface area (Å²) >= 11 is 0. The molecule has 0 atom stereocenters. The quantitative estimate of drug-likeness (QED) is 0.843. The molecular formula is C13H15N3O3. The number of nitrogens with one attached hydrogen (secondary N) is 2. The lowest BCUT2D eigenvalue weighted by atomic mass is 10.1. The summed E-state index contributed by atoms with van der Waals surface area (Å²) in [4.78, 5) is 35.4. The highest BCUT2D eigenvalue weighted by molar-refractivity contribution is 6.05. The van der Waals surface area contributed by atoms with Gasteiger partial charge in [0.1, 0.15) is 0 Å². The van der Waals surface area contributed by atoms with Crippen LogP contribution < -0.4 is 15.5 Å². The van der Waals surface area contributed by atoms with Gasteiger partial charge in [0.25, 0.3) is 0 Å². The van der Waals surface area contributed by atoms with Crippen molar-refractivity contribution in [3.05, 3.63) is 29.8 Å². The van der Waals surface area contributed by atoms with E-state index in [1.54, 1.807) is 6.07 Å². The molecule has 2 rings (SSSR count). The van der Waals surface area contributed by atoms with Gasteiger partial charge in [-0.2, -0.15) is 0 Å². The largest absolute Gasteiger partial charge is 0.352 e. The van der Waals surface area contributed by atoms with Crippen LogP contribution in [0.5, 0.6) is 0 Å². The molecule has 6 heteroatoms. The first-order chi connectivity index (χ1) is 9.08. The Morgan fingerprint density at radius 1 is 1.37 bits per heavy atom. The standard InChI is InChI=1S/C13H15N3O3/c1-9(17)14-8-10-4-2-3-5-11(10)16-7-6-12(18)15-13(16)19/h2-5H,6-8H2,1H3,(H,14,17)(H,15,18,19). The molecule has 1 aliphatic rings. The van der Waals surface area contributed by atoms with Crippen molar-refractivity contribution in [1.82, 2.24) is 10.6 Å². The number of urea groups is 1. The fraction of sp³-hybridized carbons (Fsp3) is 0.308. The lowest BCUT2D eigenvalue weighted by Gasteiger charge is -2.28. The first kappa shape index (κ1) is 13.1. The van der Waals surface area contributed by atoms with E-state index in [2.05, 4.69) is 10.6 Å². The second-order valence-corrected chi connectivity index (χ2v) is 4.29. The summed E-state index contributed by atoms with van der Waals surface area (Å²) < 4.78 is 0. The van der Waals surface area contributed by atoms with Crippen molar-refractivity contribution >= 4 is 23.5 Å². The van der Waals surface area contributed by atoms with Gasteiger partial charge < -0.3 is 5.32 Å². The number of benzene rings is 1. The third-order valence-electron chi connectivity index (χ3n) is 2.86. The minimum atomic E-state index is -0.425. The lowest BCUT2D eigenvalue weighted by molar-refractivity contribution is -0.120. The van der Waals surface area contributed by atoms with Crippen molar-refractivity contribution < 1.29 is 14.4 Å². The number of rotatable bonds is 3. The van der Waals surface area contributed by atoms with E-state index in [9.17, 15) is 14.4 Å². The van der Waals surface area contributed by atoms with Gasteiger partial charge in [-0.05, 0) is 11.6 Å². The molecule has 0 aliphatic carbocycles. The summed E-state index contributed by atoms with van der Waals surface area (Å²) in [7, 11) is 0. The first-order valence-corrected chi connectivity index (χ1v) is 6.01. The summed E-state index contributed by atoms with van der Waals surface area (Å²) in [5.74, 6) is -0.395. The summed E-state index contributed by atoms with van der Waals surface area (Å²) in [6.45, 7) is 2.14. The van der Waals surface area contributed by atoms with Crippen LogP contribution in [0.1, 0.15) is 18.9 Å². The topological polar surface area (TPSA) is 78.5 Å². The zero-order valence-corrected chi connectivity index (χ0v) is 10.6. The maximum absolute atomic E-state index is 11.8. The maximum atomic E-state index is 11.8. The smallest absolute Gasteiger partial charge is 0.328 e. The highest BCUT2D eigenvalue weighted by Crippen LogP contribution is 2.22. The number of imide groups is 1. The molecule has 1 aliphatic heterocycles. The molecule has 1 heterocycles. The third kappa shape index (κ3) is 3.09. The second-order valence-electron chi connectivity index (χ2n) is 4.29. The molecule has 0 bridgehead atoms. The zero-order chi connectivity index (χ0) is 13.8. The summed E-state index contributed by atoms with van der Waals surface area (Å²) in [5, 5.41) is 4.98. The van der Waals surface area contributed by atoms with Crippen LogP contribution in [-0.4, -0.2) is 24.4 Å². The minimum Gasteiger partial charge on any atom is -0.352 e. The van der Waals surface area contributed by atoms with Crippen molar-refractivity contribution in [2.24, 2.45) is 0 Å². The van der Waals surface area contributed by atoms with Gasteiger partial charge >= 0.3 is 6.03 Å². The molecule has 1 aromatic rings. The number of para-hydroxylation sites is 1. The van der Waals surface area contributed by atoms with Crippen LogP contribution in [0, 0.1) is 0 Å². The fourth-order valence-corrected chi connectivity index (χ4v) is 1.94. The molecule has 2 N–H and O–H groups in total. The van der Waals surface area contributed by atoms with E-state index >= 15 is 0 Å². The molecule has 1 saturated heterocycles. The van der Waals surface area contributed by atoms with Gasteiger partial charge in [0.15, 0.2) is 0 Å². The van der Waals surface area contributed by atoms with Crippen LogP contribution in [0.2, 0.25) is 0 Å². The Bertz CT molecular complexity index is 528. The summed E-state index contributed by atoms with van der Waals surface area (Å²) in [6, 6.07) is 6.87. The highest BCUT2D eigenvalue weighted by atomic mass is 16.2. The molecule has 1 aromatic carbocycles. The normalized spacial score (nSPS) is 15.1. The van der Waals surface area contributed by atoms with Gasteiger partial charge in [0.2, 0.25) is 11.8 Å². The molecule has 0 unspecified atom stereocenters. The van der Waals surface area contributed by atoms with Crippen molar-refractivity contribution in [3.8, 4) is 0 Å². The number of anilines is 1. The van der Waals surface area contributed by atoms with E-state index in [-0.39, 0.29) is 18.2 Å². The monoisotopic (exact) mass is 261 g/mol. The maximum Gasteiger partial charge on any atom is 0.328 e. The van der Waals surface area contributed by atoms with E-state index < -0.39 is 6.03 Å². The van der Waals surface area contributed by atoms with Crippen molar-refractivity contribution in [2.75, 3.05) is 11.4 Å². The van der Waals surface area contributed by atoms with E-state index in [0.717, 1.165) is 5.56 Å². The Balaban J connectivity index is 2.21. The average Bonchev–Trinajstić information content (AvgIpc) is 2.37. The van der Waals surface area contributed by atoms with E-state index in [0.29, 0.717) is 18.8 Å². The van der Waals surface area contributed by atoms with Crippen LogP contribution in [-0.2, 0) is 16.1 Å². The first-order valence-electron chi connectivity index (χ1n) is 6.01. The van der Waals surface area contributed by atoms with Crippen LogP contribution >= 0.6 is 0 Å². The van der Waals surface area contributed by atoms with Gasteiger partial charge in [-0.15, -0.1) is 0 Å². The number of hydrogen-bond acceptors (Lipinski definition) is 3. The number of amides is 4. The van der Waals surface area contributed by atoms with Crippen LogP contribution in [0.4, 0.5) is 10.5 Å². The Morgan fingerprint density at radius 3 is 2.79 bits per heavy atom. The molecule has 0 spiro atoms. The number of nitrogens with zero attached hydrogens (tertiary/aromatic N) is 1. The van der Waals surface area contributed by atoms with Crippen LogP contribution in [0.15, 0.2) is 24.3 Å². The Labute approximate surface area is 110 Å². The van der Waals surface area contributed by atoms with Gasteiger partial charge in [0, 0.05) is 26.4 Å². The van der Waals surface area contributed by atoms with Crippen LogP contribution in [0.25, 0.3) is 0 Å². The van der Waals surface area contributed by atoms with E-state index in [1.165, 1.54) is 11.8 Å². The summed E-state index contributed by atoms with van der Waals surface area (Å²) in [6.07, 6.45) is 0.278. The number of hydrogen-bond donors (Lipinski definition) is 2. The van der Waals surface area contributed by atoms with Crippen molar-refractivity contribution in [2.45, 2.75) is 19.9 Å². The van der Waals surface area contributed by atoms with Gasteiger partial charge in [-0.1, -0.05) is 18.2 Å². The molecule has 19 heavy (non-hydrogen) atoms. The average molecular weight is 261 g/mol. The molecule has 4 amide bonds. The Kier molecular flexibility index (Phi) is 3.79. The zero-order valence-electron chi connectivity index (χ0n) is 10.6. The number of carbonyl (C=O) groups is 3. The van der Waals surface area contributed by atoms with Gasteiger partial charge in [0.05, 0.1) is 5.69 Å². The predicted octanol–water partition coefficient (Wildman–Crippen LogP) is 0.769.